The van der Waals surface area contributed by atoms with Crippen LogP contribution >= 0.6 is 0 Å². The maximum atomic E-state index is 12.8. The fourth-order valence-corrected chi connectivity index (χ4v) is 6.14. The van der Waals surface area contributed by atoms with Gasteiger partial charge in [0.15, 0.2) is 6.10 Å². The minimum absolute atomic E-state index is 0.184. The fourth-order valence-electron chi connectivity index (χ4n) is 6.14. The van der Waals surface area contributed by atoms with Crippen LogP contribution in [0, 0.1) is 0 Å². The molecule has 0 aliphatic carbocycles. The lowest BCUT2D eigenvalue weighted by atomic mass is 10.0. The Morgan fingerprint density at radius 2 is 1.02 bits per heavy atom. The van der Waals surface area contributed by atoms with Crippen molar-refractivity contribution in [1.82, 2.24) is 0 Å². The highest BCUT2D eigenvalue weighted by molar-refractivity contribution is 5.71. The average molecular weight is 793 g/mol. The summed E-state index contributed by atoms with van der Waals surface area (Å²) in [5.41, 5.74) is 0. The summed E-state index contributed by atoms with van der Waals surface area (Å²) in [6, 6.07) is 0. The van der Waals surface area contributed by atoms with Crippen molar-refractivity contribution in [3.63, 3.8) is 0 Å². The smallest absolute Gasteiger partial charge is 0.361 e. The van der Waals surface area contributed by atoms with E-state index >= 15 is 0 Å². The lowest BCUT2D eigenvalue weighted by Gasteiger charge is -2.25. The van der Waals surface area contributed by atoms with Crippen molar-refractivity contribution in [3.8, 4) is 0 Å². The molecular weight excluding hydrogens is 707 g/mol. The van der Waals surface area contributed by atoms with E-state index in [0.717, 1.165) is 64.2 Å². The highest BCUT2D eigenvalue weighted by Crippen LogP contribution is 2.15. The van der Waals surface area contributed by atoms with E-state index in [1.807, 2.05) is 21.1 Å². The zero-order valence-electron chi connectivity index (χ0n) is 36.8. The van der Waals surface area contributed by atoms with Gasteiger partial charge in [0.2, 0.25) is 0 Å². The summed E-state index contributed by atoms with van der Waals surface area (Å²) >= 11 is 0. The molecule has 0 radical (unpaired) electrons. The first-order valence-electron chi connectivity index (χ1n) is 22.7. The van der Waals surface area contributed by atoms with Gasteiger partial charge in [0, 0.05) is 12.8 Å². The zero-order chi connectivity index (χ0) is 41.4. The molecule has 326 valence electrons. The van der Waals surface area contributed by atoms with Crippen molar-refractivity contribution < 1.29 is 42.9 Å². The van der Waals surface area contributed by atoms with Gasteiger partial charge in [-0.15, -0.1) is 0 Å². The Labute approximate surface area is 343 Å². The first-order valence-corrected chi connectivity index (χ1v) is 22.7. The molecule has 1 N–H and O–H groups in total. The lowest BCUT2D eigenvalue weighted by molar-refractivity contribution is -0.870. The third-order valence-electron chi connectivity index (χ3n) is 9.66. The molecule has 0 spiro atoms. The van der Waals surface area contributed by atoms with E-state index < -0.39 is 24.3 Å². The van der Waals surface area contributed by atoms with Gasteiger partial charge in [0.05, 0.1) is 34.4 Å². The summed E-state index contributed by atoms with van der Waals surface area (Å²) in [5.74, 6) is -2.02. The second kappa shape index (κ2) is 39.3. The summed E-state index contributed by atoms with van der Waals surface area (Å²) in [6.45, 7) is 4.75. The highest BCUT2D eigenvalue weighted by Gasteiger charge is 2.25. The van der Waals surface area contributed by atoms with E-state index in [0.29, 0.717) is 23.9 Å². The van der Waals surface area contributed by atoms with Gasteiger partial charge >= 0.3 is 17.9 Å². The van der Waals surface area contributed by atoms with E-state index in [2.05, 4.69) is 50.3 Å². The average Bonchev–Trinajstić information content (AvgIpc) is 3.15. The van der Waals surface area contributed by atoms with Gasteiger partial charge in [0.1, 0.15) is 13.2 Å². The van der Waals surface area contributed by atoms with Crippen LogP contribution in [0.2, 0.25) is 0 Å². The Hall–Kier alpha value is -2.49. The molecule has 2 unspecified atom stereocenters. The summed E-state index contributed by atoms with van der Waals surface area (Å²) in [7, 11) is 5.95. The topological polar surface area (TPSA) is 108 Å². The van der Waals surface area contributed by atoms with Crippen molar-refractivity contribution in [2.24, 2.45) is 0 Å². The van der Waals surface area contributed by atoms with Crippen LogP contribution < -0.4 is 0 Å². The van der Waals surface area contributed by atoms with Crippen LogP contribution in [0.3, 0.4) is 0 Å². The number of allylic oxidation sites excluding steroid dienone is 6. The Morgan fingerprint density at radius 3 is 1.52 bits per heavy atom. The van der Waals surface area contributed by atoms with Gasteiger partial charge in [0.25, 0.3) is 6.29 Å². The Bertz CT molecular complexity index is 1020. The van der Waals surface area contributed by atoms with Crippen molar-refractivity contribution >= 4 is 17.9 Å². The standard InChI is InChI=1S/C47H85NO8/c1-6-8-10-12-14-16-18-20-22-23-24-26-28-30-32-34-36-38-45(50)56-43(42-55-47(46(51)52)53-40-39-48(3,4)5)41-54-44(49)37-35-33-31-29-27-25-21-19-17-15-13-11-9-7-2/h8,10,14,16,20,22,43,47H,6-7,9,11-13,15,17-19,21,23-42H2,1-5H3/p+1/b10-8-,16-14-,22-20-. The van der Waals surface area contributed by atoms with Crippen LogP contribution in [-0.4, -0.2) is 87.4 Å². The fraction of sp³-hybridized carbons (Fsp3) is 0.809. The number of carbonyl (C=O) groups excluding carboxylic acids is 2. The van der Waals surface area contributed by atoms with E-state index in [4.69, 9.17) is 18.9 Å². The predicted molar refractivity (Wildman–Crippen MR) is 230 cm³/mol. The van der Waals surface area contributed by atoms with Gasteiger partial charge in [-0.1, -0.05) is 166 Å². The molecule has 0 saturated carbocycles. The van der Waals surface area contributed by atoms with E-state index in [9.17, 15) is 19.5 Å². The van der Waals surface area contributed by atoms with Gasteiger partial charge in [-0.2, -0.15) is 0 Å². The number of ether oxygens (including phenoxy) is 4. The van der Waals surface area contributed by atoms with Crippen LogP contribution in [-0.2, 0) is 33.3 Å². The third kappa shape index (κ3) is 39.7. The summed E-state index contributed by atoms with van der Waals surface area (Å²) in [4.78, 5) is 37.1. The molecule has 0 rings (SSSR count). The molecule has 0 aromatic heterocycles. The van der Waals surface area contributed by atoms with Crippen molar-refractivity contribution in [2.75, 3.05) is 47.5 Å². The van der Waals surface area contributed by atoms with E-state index in [1.165, 1.54) is 89.9 Å². The van der Waals surface area contributed by atoms with E-state index in [1.54, 1.807) is 0 Å². The summed E-state index contributed by atoms with van der Waals surface area (Å²) < 4.78 is 22.7. The Balaban J connectivity index is 4.44. The zero-order valence-corrected chi connectivity index (χ0v) is 36.8. The molecule has 0 heterocycles. The second-order valence-corrected chi connectivity index (χ2v) is 16.3. The largest absolute Gasteiger partial charge is 0.477 e. The van der Waals surface area contributed by atoms with Crippen LogP contribution in [0.5, 0.6) is 0 Å². The number of quaternary nitrogens is 1. The van der Waals surface area contributed by atoms with Crippen LogP contribution in [0.25, 0.3) is 0 Å². The molecule has 9 heteroatoms. The Kier molecular flexibility index (Phi) is 37.6. The Morgan fingerprint density at radius 1 is 0.554 bits per heavy atom. The lowest BCUT2D eigenvalue weighted by Crippen LogP contribution is -2.40. The predicted octanol–water partition coefficient (Wildman–Crippen LogP) is 11.8. The van der Waals surface area contributed by atoms with Crippen LogP contribution in [0.15, 0.2) is 36.5 Å². The number of aliphatic carboxylic acids is 1. The molecule has 0 bridgehead atoms. The third-order valence-corrected chi connectivity index (χ3v) is 9.66. The maximum Gasteiger partial charge on any atom is 0.361 e. The second-order valence-electron chi connectivity index (χ2n) is 16.3. The number of unbranched alkanes of at least 4 members (excludes halogenated alkanes) is 20. The summed E-state index contributed by atoms with van der Waals surface area (Å²) in [6.07, 6.45) is 40.5. The number of hydrogen-bond acceptors (Lipinski definition) is 7. The molecule has 9 nitrogen and oxygen atoms in total. The number of carboxylic acids is 1. The summed E-state index contributed by atoms with van der Waals surface area (Å²) in [5, 5.41) is 9.63. The normalized spacial score (nSPS) is 13.2. The number of rotatable bonds is 41. The highest BCUT2D eigenvalue weighted by atomic mass is 16.7. The number of esters is 2. The van der Waals surface area contributed by atoms with E-state index in [-0.39, 0.29) is 32.2 Å². The SMILES string of the molecule is CC/C=C\C/C=C\C/C=C\CCCCCCCCCC(=O)OC(COC(=O)CCCCCCCCCCCCCCCC)COC(OCC[N+](C)(C)C)C(=O)O. The maximum absolute atomic E-state index is 12.8. The number of carboxylic acid groups (broad SMARTS) is 1. The first-order chi connectivity index (χ1) is 27.1. The van der Waals surface area contributed by atoms with Crippen LogP contribution in [0.1, 0.15) is 187 Å². The number of hydrogen-bond donors (Lipinski definition) is 1. The molecule has 2 atom stereocenters. The van der Waals surface area contributed by atoms with Gasteiger partial charge in [-0.25, -0.2) is 4.79 Å². The van der Waals surface area contributed by atoms with Crippen LogP contribution in [0.4, 0.5) is 0 Å². The molecule has 0 fully saturated rings. The minimum atomic E-state index is -1.51. The minimum Gasteiger partial charge on any atom is -0.477 e. The molecule has 0 aliphatic heterocycles. The molecule has 0 saturated heterocycles. The molecule has 0 amide bonds. The molecule has 56 heavy (non-hydrogen) atoms. The number of likely N-dealkylation sites (N-methyl/N-ethyl adjacent to an activating group) is 1. The molecule has 0 aromatic carbocycles. The van der Waals surface area contributed by atoms with Crippen molar-refractivity contribution in [2.45, 2.75) is 200 Å². The molecular formula is C47H86NO8+. The monoisotopic (exact) mass is 793 g/mol. The van der Waals surface area contributed by atoms with Crippen molar-refractivity contribution in [3.05, 3.63) is 36.5 Å². The number of carbonyl (C=O) groups is 3. The van der Waals surface area contributed by atoms with Gasteiger partial charge < -0.3 is 28.5 Å². The van der Waals surface area contributed by atoms with Crippen molar-refractivity contribution in [1.29, 1.82) is 0 Å². The van der Waals surface area contributed by atoms with Gasteiger partial charge in [-0.3, -0.25) is 9.59 Å². The molecule has 0 aromatic rings. The first kappa shape index (κ1) is 53.5. The molecule has 0 aliphatic rings. The number of nitrogens with zero attached hydrogens (tertiary/aromatic N) is 1. The van der Waals surface area contributed by atoms with Gasteiger partial charge in [-0.05, 0) is 44.9 Å². The quantitative estimate of drug-likeness (QED) is 0.0214.